The fourth-order valence-electron chi connectivity index (χ4n) is 3.46. The van der Waals surface area contributed by atoms with Crippen molar-refractivity contribution in [1.82, 2.24) is 9.97 Å². The first kappa shape index (κ1) is 23.8. The predicted octanol–water partition coefficient (Wildman–Crippen LogP) is 4.20. The number of hydrogen-bond acceptors (Lipinski definition) is 8. The molecule has 0 aliphatic heterocycles. The molecular weight excluding hydrogens is 479 g/mol. The van der Waals surface area contributed by atoms with Gasteiger partial charge in [0, 0.05) is 11.3 Å². The van der Waals surface area contributed by atoms with Crippen molar-refractivity contribution in [2.75, 3.05) is 5.32 Å². The van der Waals surface area contributed by atoms with Crippen molar-refractivity contribution in [1.29, 1.82) is 0 Å². The number of anilines is 1. The van der Waals surface area contributed by atoms with E-state index in [0.29, 0.717) is 39.2 Å². The Balaban J connectivity index is 1.29. The van der Waals surface area contributed by atoms with Gasteiger partial charge in [-0.25, -0.2) is 9.97 Å². The number of amides is 1. The lowest BCUT2D eigenvalue weighted by molar-refractivity contribution is -0.140. The molecule has 176 valence electrons. The number of hydrogen-bond donors (Lipinski definition) is 3. The van der Waals surface area contributed by atoms with Gasteiger partial charge in [-0.1, -0.05) is 18.2 Å². The minimum Gasteiger partial charge on any atom is -0.390 e. The van der Waals surface area contributed by atoms with Crippen LogP contribution in [0.3, 0.4) is 0 Å². The normalized spacial score (nSPS) is 18.2. The van der Waals surface area contributed by atoms with E-state index >= 15 is 0 Å². The van der Waals surface area contributed by atoms with Gasteiger partial charge in [0.2, 0.25) is 5.91 Å². The average molecular weight is 500 g/mol. The molecule has 1 aromatic carbocycles. The Hall–Kier alpha value is -2.38. The number of carbonyl (C=O) groups is 1. The predicted molar refractivity (Wildman–Crippen MR) is 116 cm³/mol. The van der Waals surface area contributed by atoms with Crippen molar-refractivity contribution < 1.29 is 32.9 Å². The minimum absolute atomic E-state index is 0.0721. The highest BCUT2D eigenvalue weighted by Gasteiger charge is 2.37. The fourth-order valence-corrected chi connectivity index (χ4v) is 5.14. The lowest BCUT2D eigenvalue weighted by Crippen LogP contribution is -2.39. The molecule has 0 unspecified atom stereocenters. The van der Waals surface area contributed by atoms with E-state index in [1.807, 2.05) is 0 Å². The summed E-state index contributed by atoms with van der Waals surface area (Å²) < 4.78 is 44.8. The number of nitrogens with one attached hydrogen (secondary N) is 1. The summed E-state index contributed by atoms with van der Waals surface area (Å²) in [6.07, 6.45) is -3.88. The van der Waals surface area contributed by atoms with Gasteiger partial charge >= 0.3 is 6.18 Å². The van der Waals surface area contributed by atoms with Crippen molar-refractivity contribution in [3.05, 3.63) is 51.5 Å². The fraction of sp³-hybridized carbons (Fsp3) is 0.381. The lowest BCUT2D eigenvalue weighted by atomic mass is 9.81. The maximum atomic E-state index is 13.1. The molecule has 0 spiro atoms. The van der Waals surface area contributed by atoms with Gasteiger partial charge in [-0.15, -0.1) is 22.7 Å². The van der Waals surface area contributed by atoms with Gasteiger partial charge in [0.1, 0.15) is 5.01 Å². The van der Waals surface area contributed by atoms with Gasteiger partial charge in [0.25, 0.3) is 0 Å². The summed E-state index contributed by atoms with van der Waals surface area (Å²) in [5.41, 5.74) is 0.325. The van der Waals surface area contributed by atoms with Crippen LogP contribution in [0.15, 0.2) is 29.6 Å². The van der Waals surface area contributed by atoms with Crippen LogP contribution in [-0.2, 0) is 35.5 Å². The van der Waals surface area contributed by atoms with Crippen LogP contribution in [0.25, 0.3) is 10.6 Å². The number of aliphatic hydroxyl groups excluding tert-OH is 2. The van der Waals surface area contributed by atoms with E-state index in [9.17, 15) is 28.2 Å². The number of alkyl halides is 3. The van der Waals surface area contributed by atoms with Crippen molar-refractivity contribution in [2.24, 2.45) is 5.92 Å². The Kier molecular flexibility index (Phi) is 7.10. The van der Waals surface area contributed by atoms with E-state index in [0.717, 1.165) is 6.07 Å². The number of rotatable bonds is 8. The molecule has 1 aliphatic rings. The Bertz CT molecular complexity index is 1130. The highest BCUT2D eigenvalue weighted by atomic mass is 32.1. The van der Waals surface area contributed by atoms with Gasteiger partial charge in [-0.2, -0.15) is 13.2 Å². The minimum atomic E-state index is -4.44. The van der Waals surface area contributed by atoms with Gasteiger partial charge in [-0.05, 0) is 24.5 Å². The zero-order valence-corrected chi connectivity index (χ0v) is 18.8. The van der Waals surface area contributed by atoms with Crippen LogP contribution in [0, 0.1) is 5.92 Å². The second-order valence-electron chi connectivity index (χ2n) is 7.48. The number of aromatic nitrogens is 2. The average Bonchev–Trinajstić information content (AvgIpc) is 3.38. The molecule has 7 nitrogen and oxygen atoms in total. The molecule has 0 radical (unpaired) electrons. The molecule has 3 aromatic rings. The molecule has 1 saturated carbocycles. The van der Waals surface area contributed by atoms with E-state index in [4.69, 9.17) is 4.74 Å². The van der Waals surface area contributed by atoms with E-state index in [2.05, 4.69) is 15.3 Å². The summed E-state index contributed by atoms with van der Waals surface area (Å²) in [7, 11) is 0. The monoisotopic (exact) mass is 499 g/mol. The summed E-state index contributed by atoms with van der Waals surface area (Å²) in [4.78, 5) is 21.6. The Morgan fingerprint density at radius 1 is 1.18 bits per heavy atom. The largest absolute Gasteiger partial charge is 0.416 e. The molecule has 1 amide bonds. The van der Waals surface area contributed by atoms with Crippen LogP contribution in [-0.4, -0.2) is 32.2 Å². The SMILES string of the molecule is O=C(Nc1nc(-c2sc(CO)nc2CO)cs1)C1CC(OCc2ccccc2C(F)(F)F)C1. The van der Waals surface area contributed by atoms with Crippen LogP contribution in [0.1, 0.15) is 34.7 Å². The van der Waals surface area contributed by atoms with E-state index < -0.39 is 11.7 Å². The van der Waals surface area contributed by atoms with E-state index in [1.54, 1.807) is 5.38 Å². The molecule has 33 heavy (non-hydrogen) atoms. The number of halogens is 3. The molecular formula is C21H20F3N3O4S2. The third-order valence-corrected chi connectivity index (χ3v) is 7.12. The molecule has 0 atom stereocenters. The Morgan fingerprint density at radius 2 is 1.94 bits per heavy atom. The number of aliphatic hydroxyl groups is 2. The molecule has 1 aliphatic carbocycles. The lowest BCUT2D eigenvalue weighted by Gasteiger charge is -2.34. The molecule has 4 rings (SSSR count). The topological polar surface area (TPSA) is 105 Å². The number of ether oxygens (including phenoxy) is 1. The maximum absolute atomic E-state index is 13.1. The second-order valence-corrected chi connectivity index (χ2v) is 9.42. The van der Waals surface area contributed by atoms with Crippen LogP contribution in [0.2, 0.25) is 0 Å². The van der Waals surface area contributed by atoms with Gasteiger partial charge in [-0.3, -0.25) is 4.79 Å². The summed E-state index contributed by atoms with van der Waals surface area (Å²) in [6, 6.07) is 5.29. The second kappa shape index (κ2) is 9.85. The number of nitrogens with zero attached hydrogens (tertiary/aromatic N) is 2. The third-order valence-electron chi connectivity index (χ3n) is 5.26. The van der Waals surface area contributed by atoms with Crippen LogP contribution in [0.4, 0.5) is 18.3 Å². The maximum Gasteiger partial charge on any atom is 0.416 e. The summed E-state index contributed by atoms with van der Waals surface area (Å²) in [6.45, 7) is -0.692. The van der Waals surface area contributed by atoms with Crippen molar-refractivity contribution in [2.45, 2.75) is 44.9 Å². The van der Waals surface area contributed by atoms with E-state index in [-0.39, 0.29) is 43.3 Å². The molecule has 2 heterocycles. The van der Waals surface area contributed by atoms with Crippen molar-refractivity contribution in [3.63, 3.8) is 0 Å². The van der Waals surface area contributed by atoms with Crippen molar-refractivity contribution >= 4 is 33.7 Å². The first-order chi connectivity index (χ1) is 15.8. The molecule has 1 fully saturated rings. The number of benzene rings is 1. The first-order valence-electron chi connectivity index (χ1n) is 10.0. The van der Waals surface area contributed by atoms with Crippen LogP contribution >= 0.6 is 22.7 Å². The summed E-state index contributed by atoms with van der Waals surface area (Å²) >= 11 is 2.45. The zero-order chi connectivity index (χ0) is 23.6. The van der Waals surface area contributed by atoms with Crippen molar-refractivity contribution in [3.8, 4) is 10.6 Å². The number of thiazole rings is 2. The zero-order valence-electron chi connectivity index (χ0n) is 17.1. The first-order valence-corrected chi connectivity index (χ1v) is 11.7. The molecule has 0 saturated heterocycles. The Morgan fingerprint density at radius 3 is 2.64 bits per heavy atom. The smallest absolute Gasteiger partial charge is 0.390 e. The molecule has 3 N–H and O–H groups in total. The summed E-state index contributed by atoms with van der Waals surface area (Å²) in [5.74, 6) is -0.535. The van der Waals surface area contributed by atoms with Gasteiger partial charge in [0.15, 0.2) is 5.13 Å². The molecule has 12 heteroatoms. The van der Waals surface area contributed by atoms with Gasteiger partial charge in [0.05, 0.1) is 47.8 Å². The van der Waals surface area contributed by atoms with E-state index in [1.165, 1.54) is 40.9 Å². The quantitative estimate of drug-likeness (QED) is 0.429. The number of carbonyl (C=O) groups excluding carboxylic acids is 1. The van der Waals surface area contributed by atoms with Crippen LogP contribution < -0.4 is 5.32 Å². The Labute approximate surface area is 194 Å². The van der Waals surface area contributed by atoms with Crippen LogP contribution in [0.5, 0.6) is 0 Å². The van der Waals surface area contributed by atoms with Gasteiger partial charge < -0.3 is 20.3 Å². The third kappa shape index (κ3) is 5.41. The molecule has 2 aromatic heterocycles. The highest BCUT2D eigenvalue weighted by Crippen LogP contribution is 2.36. The molecule has 0 bridgehead atoms. The standard InChI is InChI=1S/C21H20F3N3O4S2/c22-21(23,24)14-4-2-1-3-11(14)9-31-13-5-12(6-13)19(30)27-20-26-16(10-32-20)18-15(7-28)25-17(8-29)33-18/h1-4,10,12-13,28-29H,5-9H2,(H,26,27,30). The summed E-state index contributed by atoms with van der Waals surface area (Å²) in [5, 5.41) is 24.0. The highest BCUT2D eigenvalue weighted by molar-refractivity contribution is 7.17.